The third-order valence-electron chi connectivity index (χ3n) is 1.34. The molecule has 0 aliphatic carbocycles. The number of methoxy groups -OCH3 is 1. The molecule has 3 nitrogen and oxygen atoms in total. The Labute approximate surface area is 89.6 Å². The maximum Gasteiger partial charge on any atom is 0.407 e. The van der Waals surface area contributed by atoms with Crippen LogP contribution in [0, 0.1) is 0 Å². The van der Waals surface area contributed by atoms with Gasteiger partial charge in [0.2, 0.25) is 0 Å². The summed E-state index contributed by atoms with van der Waals surface area (Å²) in [7, 11) is 1.30. The number of hydrogen-bond acceptors (Lipinski definition) is 3. The molecule has 0 aliphatic rings. The highest BCUT2D eigenvalue weighted by molar-refractivity contribution is 7.20. The third-order valence-corrected chi connectivity index (χ3v) is 2.90. The predicted molar refractivity (Wildman–Crippen MR) is 53.6 cm³/mol. The van der Waals surface area contributed by atoms with Gasteiger partial charge in [-0.2, -0.15) is 0 Å². The van der Waals surface area contributed by atoms with Crippen molar-refractivity contribution in [3.63, 3.8) is 0 Å². The van der Waals surface area contributed by atoms with Crippen LogP contribution in [-0.4, -0.2) is 13.2 Å². The van der Waals surface area contributed by atoms with E-state index in [-0.39, 0.29) is 0 Å². The highest BCUT2D eigenvalue weighted by atomic mass is 35.5. The van der Waals surface area contributed by atoms with E-state index in [1.54, 1.807) is 6.07 Å². The summed E-state index contributed by atoms with van der Waals surface area (Å²) in [6.45, 7) is 0.328. The van der Waals surface area contributed by atoms with Gasteiger partial charge < -0.3 is 10.1 Å². The van der Waals surface area contributed by atoms with Crippen molar-refractivity contribution in [2.24, 2.45) is 0 Å². The average molecular weight is 240 g/mol. The van der Waals surface area contributed by atoms with Gasteiger partial charge in [0.25, 0.3) is 0 Å². The number of ether oxygens (including phenoxy) is 1. The van der Waals surface area contributed by atoms with E-state index in [0.717, 1.165) is 5.56 Å². The van der Waals surface area contributed by atoms with E-state index in [1.807, 2.05) is 0 Å². The molecule has 1 aromatic heterocycles. The van der Waals surface area contributed by atoms with Gasteiger partial charge in [-0.15, -0.1) is 11.3 Å². The summed E-state index contributed by atoms with van der Waals surface area (Å²) in [5.41, 5.74) is 0.794. The molecule has 0 aliphatic heterocycles. The quantitative estimate of drug-likeness (QED) is 0.863. The van der Waals surface area contributed by atoms with Crippen molar-refractivity contribution in [1.82, 2.24) is 5.32 Å². The van der Waals surface area contributed by atoms with Gasteiger partial charge in [-0.25, -0.2) is 4.79 Å². The number of thiophene rings is 1. The minimum atomic E-state index is -0.488. The van der Waals surface area contributed by atoms with Crippen molar-refractivity contribution in [2.45, 2.75) is 6.54 Å². The lowest BCUT2D eigenvalue weighted by molar-refractivity contribution is 0.170. The van der Waals surface area contributed by atoms with E-state index in [1.165, 1.54) is 18.4 Å². The Morgan fingerprint density at radius 2 is 2.38 bits per heavy atom. The Hall–Kier alpha value is -0.450. The molecule has 13 heavy (non-hydrogen) atoms. The zero-order chi connectivity index (χ0) is 9.84. The van der Waals surface area contributed by atoms with E-state index in [0.29, 0.717) is 15.2 Å². The molecule has 0 unspecified atom stereocenters. The molecule has 0 aromatic carbocycles. The molecule has 72 valence electrons. The number of alkyl carbamates (subject to hydrolysis) is 1. The van der Waals surface area contributed by atoms with Gasteiger partial charge >= 0.3 is 6.09 Å². The standard InChI is InChI=1S/C7H7Cl2NO2S/c1-12-7(11)10-3-4-2-5(8)13-6(4)9/h2H,3H2,1H3,(H,10,11). The largest absolute Gasteiger partial charge is 0.453 e. The smallest absolute Gasteiger partial charge is 0.407 e. The van der Waals surface area contributed by atoms with Gasteiger partial charge in [0, 0.05) is 12.1 Å². The Bertz CT molecular complexity index is 313. The summed E-state index contributed by atoms with van der Waals surface area (Å²) in [4.78, 5) is 10.7. The number of rotatable bonds is 2. The second-order valence-corrected chi connectivity index (χ2v) is 4.48. The number of hydrogen-bond donors (Lipinski definition) is 1. The van der Waals surface area contributed by atoms with E-state index >= 15 is 0 Å². The molecule has 0 spiro atoms. The Balaban J connectivity index is 2.54. The first-order valence-electron chi connectivity index (χ1n) is 3.39. The first-order valence-corrected chi connectivity index (χ1v) is 4.96. The summed E-state index contributed by atoms with van der Waals surface area (Å²) >= 11 is 12.8. The fraction of sp³-hybridized carbons (Fsp3) is 0.286. The maximum atomic E-state index is 10.7. The zero-order valence-corrected chi connectivity index (χ0v) is 9.09. The van der Waals surface area contributed by atoms with Crippen LogP contribution in [0.4, 0.5) is 4.79 Å². The van der Waals surface area contributed by atoms with Crippen molar-refractivity contribution in [3.05, 3.63) is 20.3 Å². The van der Waals surface area contributed by atoms with Crippen LogP contribution >= 0.6 is 34.5 Å². The van der Waals surface area contributed by atoms with Crippen molar-refractivity contribution in [2.75, 3.05) is 7.11 Å². The highest BCUT2D eigenvalue weighted by Crippen LogP contribution is 2.30. The predicted octanol–water partition coefficient (Wildman–Crippen LogP) is 2.91. The Morgan fingerprint density at radius 1 is 1.69 bits per heavy atom. The monoisotopic (exact) mass is 239 g/mol. The summed E-state index contributed by atoms with van der Waals surface area (Å²) < 4.78 is 5.58. The normalized spacial score (nSPS) is 9.77. The van der Waals surface area contributed by atoms with Crippen LogP contribution in [0.2, 0.25) is 8.67 Å². The number of nitrogens with one attached hydrogen (secondary N) is 1. The zero-order valence-electron chi connectivity index (χ0n) is 6.77. The third kappa shape index (κ3) is 3.06. The number of carbonyl (C=O) groups excluding carboxylic acids is 1. The fourth-order valence-electron chi connectivity index (χ4n) is 0.734. The minimum Gasteiger partial charge on any atom is -0.453 e. The lowest BCUT2D eigenvalue weighted by atomic mass is 10.3. The van der Waals surface area contributed by atoms with E-state index in [4.69, 9.17) is 23.2 Å². The first-order chi connectivity index (χ1) is 6.13. The van der Waals surface area contributed by atoms with Crippen LogP contribution in [0.5, 0.6) is 0 Å². The van der Waals surface area contributed by atoms with Crippen LogP contribution in [0.25, 0.3) is 0 Å². The Morgan fingerprint density at radius 3 is 2.85 bits per heavy atom. The van der Waals surface area contributed by atoms with E-state index in [9.17, 15) is 4.79 Å². The van der Waals surface area contributed by atoms with Gasteiger partial charge in [-0.1, -0.05) is 23.2 Å². The molecule has 0 atom stereocenters. The molecule has 1 rings (SSSR count). The molecule has 1 heterocycles. The lowest BCUT2D eigenvalue weighted by Crippen LogP contribution is -2.22. The molecule has 1 amide bonds. The first kappa shape index (κ1) is 10.6. The molecule has 0 fully saturated rings. The van der Waals surface area contributed by atoms with Crippen LogP contribution in [0.3, 0.4) is 0 Å². The average Bonchev–Trinajstić information content (AvgIpc) is 2.41. The van der Waals surface area contributed by atoms with Crippen molar-refractivity contribution in [3.8, 4) is 0 Å². The molecule has 0 saturated carbocycles. The van der Waals surface area contributed by atoms with Crippen LogP contribution in [0.15, 0.2) is 6.07 Å². The molecular weight excluding hydrogens is 233 g/mol. The van der Waals surface area contributed by atoms with Crippen LogP contribution in [0.1, 0.15) is 5.56 Å². The van der Waals surface area contributed by atoms with Crippen molar-refractivity contribution >= 4 is 40.6 Å². The summed E-state index contributed by atoms with van der Waals surface area (Å²) in [6.07, 6.45) is -0.488. The summed E-state index contributed by atoms with van der Waals surface area (Å²) in [5.74, 6) is 0. The molecule has 0 bridgehead atoms. The molecule has 6 heteroatoms. The van der Waals surface area contributed by atoms with Crippen LogP contribution < -0.4 is 5.32 Å². The molecule has 1 aromatic rings. The van der Waals surface area contributed by atoms with E-state index in [2.05, 4.69) is 10.1 Å². The van der Waals surface area contributed by atoms with Gasteiger partial charge in [0.05, 0.1) is 15.8 Å². The summed E-state index contributed by atoms with van der Waals surface area (Å²) in [5, 5.41) is 2.51. The van der Waals surface area contributed by atoms with Gasteiger partial charge in [-0.05, 0) is 6.07 Å². The fourth-order valence-corrected chi connectivity index (χ4v) is 2.22. The highest BCUT2D eigenvalue weighted by Gasteiger charge is 2.06. The van der Waals surface area contributed by atoms with Crippen LogP contribution in [-0.2, 0) is 11.3 Å². The topological polar surface area (TPSA) is 38.3 Å². The van der Waals surface area contributed by atoms with Gasteiger partial charge in [-0.3, -0.25) is 0 Å². The van der Waals surface area contributed by atoms with E-state index < -0.39 is 6.09 Å². The minimum absolute atomic E-state index is 0.328. The van der Waals surface area contributed by atoms with Crippen molar-refractivity contribution in [1.29, 1.82) is 0 Å². The number of halogens is 2. The lowest BCUT2D eigenvalue weighted by Gasteiger charge is -2.01. The maximum absolute atomic E-state index is 10.7. The van der Waals surface area contributed by atoms with Gasteiger partial charge in [0.15, 0.2) is 0 Å². The Kier molecular flexibility index (Phi) is 3.84. The second-order valence-electron chi connectivity index (χ2n) is 2.19. The molecule has 0 radical (unpaired) electrons. The molecule has 1 N–H and O–H groups in total. The van der Waals surface area contributed by atoms with Gasteiger partial charge in [0.1, 0.15) is 0 Å². The number of carbonyl (C=O) groups is 1. The second kappa shape index (κ2) is 4.69. The SMILES string of the molecule is COC(=O)NCc1cc(Cl)sc1Cl. The van der Waals surface area contributed by atoms with Crippen molar-refractivity contribution < 1.29 is 9.53 Å². The molecule has 0 saturated heterocycles. The molecular formula is C7H7Cl2NO2S. The summed E-state index contributed by atoms with van der Waals surface area (Å²) in [6, 6.07) is 1.71. The number of amides is 1.